The minimum absolute atomic E-state index is 0.0922. The average molecular weight is 535 g/mol. The molecule has 0 aliphatic carbocycles. The summed E-state index contributed by atoms with van der Waals surface area (Å²) in [6.45, 7) is 3.29. The van der Waals surface area contributed by atoms with Gasteiger partial charge in [-0.25, -0.2) is 13.6 Å². The maximum atomic E-state index is 14.1. The van der Waals surface area contributed by atoms with Crippen molar-refractivity contribution in [3.8, 4) is 5.75 Å². The van der Waals surface area contributed by atoms with E-state index in [0.29, 0.717) is 18.7 Å². The van der Waals surface area contributed by atoms with Gasteiger partial charge in [0.05, 0.1) is 24.3 Å². The highest BCUT2D eigenvalue weighted by Gasteiger charge is 2.22. The van der Waals surface area contributed by atoms with Gasteiger partial charge in [-0.15, -0.1) is 0 Å². The molecule has 2 aromatic carbocycles. The van der Waals surface area contributed by atoms with E-state index in [0.717, 1.165) is 23.1 Å². The van der Waals surface area contributed by atoms with Crippen molar-refractivity contribution in [1.82, 2.24) is 10.6 Å². The first-order valence-corrected chi connectivity index (χ1v) is 12.0. The van der Waals surface area contributed by atoms with E-state index in [9.17, 15) is 28.0 Å². The van der Waals surface area contributed by atoms with Crippen LogP contribution in [0.1, 0.15) is 26.7 Å². The molecular weight excluding hydrogens is 502 g/mol. The number of carbonyl (C=O) groups is 4. The molecule has 0 saturated heterocycles. The lowest BCUT2D eigenvalue weighted by molar-refractivity contribution is -0.136. The van der Waals surface area contributed by atoms with Crippen molar-refractivity contribution in [2.24, 2.45) is 5.92 Å². The molecule has 38 heavy (non-hydrogen) atoms. The Morgan fingerprint density at radius 3 is 2.39 bits per heavy atom. The van der Waals surface area contributed by atoms with Gasteiger partial charge >= 0.3 is 12.0 Å². The van der Waals surface area contributed by atoms with Gasteiger partial charge in [-0.3, -0.25) is 14.4 Å². The molecule has 0 spiro atoms. The van der Waals surface area contributed by atoms with Gasteiger partial charge in [-0.1, -0.05) is 26.0 Å². The van der Waals surface area contributed by atoms with E-state index in [4.69, 9.17) is 9.84 Å². The first-order valence-electron chi connectivity index (χ1n) is 12.0. The largest absolute Gasteiger partial charge is 0.482 e. The van der Waals surface area contributed by atoms with Crippen molar-refractivity contribution in [2.45, 2.75) is 26.7 Å². The second kappa shape index (κ2) is 14.5. The van der Waals surface area contributed by atoms with Crippen molar-refractivity contribution in [2.75, 3.05) is 43.1 Å². The number of amides is 4. The number of para-hydroxylation sites is 2. The minimum atomic E-state index is -1.07. The number of benzene rings is 2. The summed E-state index contributed by atoms with van der Waals surface area (Å²) in [5.74, 6) is -3.18. The van der Waals surface area contributed by atoms with Gasteiger partial charge in [0.15, 0.2) is 6.61 Å². The highest BCUT2D eigenvalue weighted by molar-refractivity contribution is 5.98. The van der Waals surface area contributed by atoms with Crippen molar-refractivity contribution >= 4 is 35.2 Å². The normalized spacial score (nSPS) is 10.6. The summed E-state index contributed by atoms with van der Waals surface area (Å²) in [6.07, 6.45) is 0.373. The first kappa shape index (κ1) is 30.0. The number of carboxylic acids is 1. The second-order valence-electron chi connectivity index (χ2n) is 8.79. The molecule has 0 saturated carbocycles. The third-order valence-corrected chi connectivity index (χ3v) is 5.41. The van der Waals surface area contributed by atoms with Gasteiger partial charge in [-0.05, 0) is 36.6 Å². The van der Waals surface area contributed by atoms with Gasteiger partial charge in [0.25, 0.3) is 5.91 Å². The summed E-state index contributed by atoms with van der Waals surface area (Å²) in [6, 6.07) is 8.60. The molecule has 0 bridgehead atoms. The molecule has 0 radical (unpaired) electrons. The third kappa shape index (κ3) is 9.34. The lowest BCUT2D eigenvalue weighted by Gasteiger charge is -2.26. The van der Waals surface area contributed by atoms with Crippen LogP contribution in [0.15, 0.2) is 42.5 Å². The predicted molar refractivity (Wildman–Crippen MR) is 137 cm³/mol. The fourth-order valence-electron chi connectivity index (χ4n) is 3.28. The van der Waals surface area contributed by atoms with Crippen LogP contribution in [0.4, 0.5) is 25.0 Å². The van der Waals surface area contributed by atoms with Crippen molar-refractivity contribution < 1.29 is 37.8 Å². The maximum Gasteiger partial charge on any atom is 0.315 e. The Morgan fingerprint density at radius 1 is 1.00 bits per heavy atom. The van der Waals surface area contributed by atoms with E-state index in [1.54, 1.807) is 24.3 Å². The Bertz CT molecular complexity index is 1140. The molecule has 0 aliphatic heterocycles. The SMILES string of the molecule is CC(C)CCN(C(=O)CNC(=O)NCCC(=O)O)c1ccccc1OCC(=O)N(C)c1cc(F)ccc1F. The Kier molecular flexibility index (Phi) is 11.5. The first-order chi connectivity index (χ1) is 18.0. The molecule has 2 aromatic rings. The number of aliphatic carboxylic acids is 1. The van der Waals surface area contributed by atoms with Gasteiger partial charge in [0.2, 0.25) is 5.91 Å². The van der Waals surface area contributed by atoms with Gasteiger partial charge < -0.3 is 30.3 Å². The number of ether oxygens (including phenoxy) is 1. The van der Waals surface area contributed by atoms with Gasteiger partial charge in [-0.2, -0.15) is 0 Å². The third-order valence-electron chi connectivity index (χ3n) is 5.41. The van der Waals surface area contributed by atoms with Crippen LogP contribution in [0.25, 0.3) is 0 Å². The van der Waals surface area contributed by atoms with Crippen molar-refractivity contribution in [3.05, 3.63) is 54.1 Å². The van der Waals surface area contributed by atoms with Crippen LogP contribution in [0.2, 0.25) is 0 Å². The van der Waals surface area contributed by atoms with E-state index >= 15 is 0 Å². The molecule has 0 unspecified atom stereocenters. The number of carboxylic acid groups (broad SMARTS) is 1. The Hall–Kier alpha value is -4.22. The van der Waals surface area contributed by atoms with Gasteiger partial charge in [0, 0.05) is 26.2 Å². The number of anilines is 2. The maximum absolute atomic E-state index is 14.1. The number of hydrogen-bond acceptors (Lipinski definition) is 5. The van der Waals surface area contributed by atoms with E-state index < -0.39 is 42.1 Å². The standard InChI is InChI=1S/C26H32F2N4O6/c1-17(2)11-13-32(23(33)15-30-26(37)29-12-10-25(35)36)20-6-4-5-7-22(20)38-16-24(34)31(3)21-14-18(27)8-9-19(21)28/h4-9,14,17H,10-13,15-16H2,1-3H3,(H,35,36)(H2,29,30,37). The Labute approximate surface area is 219 Å². The number of nitrogens with one attached hydrogen (secondary N) is 2. The zero-order valence-electron chi connectivity index (χ0n) is 21.5. The van der Waals surface area contributed by atoms with E-state index in [2.05, 4.69) is 10.6 Å². The molecule has 0 fully saturated rings. The van der Waals surface area contributed by atoms with E-state index in [1.165, 1.54) is 11.9 Å². The average Bonchev–Trinajstić information content (AvgIpc) is 2.87. The van der Waals surface area contributed by atoms with Crippen LogP contribution in [-0.2, 0) is 14.4 Å². The number of urea groups is 1. The summed E-state index contributed by atoms with van der Waals surface area (Å²) in [5, 5.41) is 13.4. The number of rotatable bonds is 13. The molecule has 12 heteroatoms. The quantitative estimate of drug-likeness (QED) is 0.362. The highest BCUT2D eigenvalue weighted by atomic mass is 19.1. The monoisotopic (exact) mass is 534 g/mol. The van der Waals surface area contributed by atoms with E-state index in [-0.39, 0.29) is 36.9 Å². The summed E-state index contributed by atoms with van der Waals surface area (Å²) in [4.78, 5) is 50.6. The smallest absolute Gasteiger partial charge is 0.315 e. The number of likely N-dealkylation sites (N-methyl/N-ethyl adjacent to an activating group) is 1. The number of nitrogens with zero attached hydrogens (tertiary/aromatic N) is 2. The second-order valence-corrected chi connectivity index (χ2v) is 8.79. The molecule has 0 aromatic heterocycles. The Morgan fingerprint density at radius 2 is 1.71 bits per heavy atom. The molecule has 0 atom stereocenters. The lowest BCUT2D eigenvalue weighted by Crippen LogP contribution is -2.45. The summed E-state index contributed by atoms with van der Waals surface area (Å²) >= 11 is 0. The zero-order valence-corrected chi connectivity index (χ0v) is 21.5. The van der Waals surface area contributed by atoms with Crippen LogP contribution in [0.5, 0.6) is 5.75 Å². The van der Waals surface area contributed by atoms with E-state index in [1.807, 2.05) is 13.8 Å². The number of hydrogen-bond donors (Lipinski definition) is 3. The molecule has 10 nitrogen and oxygen atoms in total. The lowest BCUT2D eigenvalue weighted by atomic mass is 10.1. The zero-order chi connectivity index (χ0) is 28.2. The molecule has 3 N–H and O–H groups in total. The minimum Gasteiger partial charge on any atom is -0.482 e. The summed E-state index contributed by atoms with van der Waals surface area (Å²) < 4.78 is 33.3. The van der Waals surface area contributed by atoms with Gasteiger partial charge in [0.1, 0.15) is 17.4 Å². The van der Waals surface area contributed by atoms with Crippen LogP contribution in [0, 0.1) is 17.6 Å². The molecule has 0 aliphatic rings. The van der Waals surface area contributed by atoms with Crippen LogP contribution in [0.3, 0.4) is 0 Å². The van der Waals surface area contributed by atoms with Crippen molar-refractivity contribution in [1.29, 1.82) is 0 Å². The number of halogens is 2. The fraction of sp³-hybridized carbons (Fsp3) is 0.385. The highest BCUT2D eigenvalue weighted by Crippen LogP contribution is 2.29. The summed E-state index contributed by atoms with van der Waals surface area (Å²) in [5.41, 5.74) is 0.118. The van der Waals surface area contributed by atoms with Crippen LogP contribution < -0.4 is 25.2 Å². The summed E-state index contributed by atoms with van der Waals surface area (Å²) in [7, 11) is 1.29. The predicted octanol–water partition coefficient (Wildman–Crippen LogP) is 3.16. The van der Waals surface area contributed by atoms with Crippen LogP contribution in [-0.4, -0.2) is 62.2 Å². The Balaban J connectivity index is 2.13. The fourth-order valence-corrected chi connectivity index (χ4v) is 3.28. The molecule has 2 rings (SSSR count). The van der Waals surface area contributed by atoms with Crippen LogP contribution >= 0.6 is 0 Å². The molecule has 0 heterocycles. The topological polar surface area (TPSA) is 128 Å². The van der Waals surface area contributed by atoms with Crippen molar-refractivity contribution in [3.63, 3.8) is 0 Å². The molecule has 4 amide bonds. The number of carbonyl (C=O) groups excluding carboxylic acids is 3. The molecule has 206 valence electrons. The molecular formula is C26H32F2N4O6.